The first-order chi connectivity index (χ1) is 21.3. The van der Waals surface area contributed by atoms with Gasteiger partial charge in [-0.3, -0.25) is 0 Å². The molecule has 2 heterocycles. The standard InChI is InChI=1S/C40H24N2O/c1-2-11-25(12-3-1)39-41-38(37-34-19-8-9-20-36(34)43-40(37)42-39)28-14-10-13-26(23-28)27-21-22-33-31-17-5-4-15-29(31)30-16-6-7-18-32(30)35(33)24-27/h1-24H. The summed E-state index contributed by atoms with van der Waals surface area (Å²) in [5, 5.41) is 9.59. The van der Waals surface area contributed by atoms with E-state index in [0.29, 0.717) is 11.5 Å². The van der Waals surface area contributed by atoms with E-state index in [1.807, 2.05) is 48.5 Å². The number of rotatable bonds is 3. The predicted molar refractivity (Wildman–Crippen MR) is 178 cm³/mol. The monoisotopic (exact) mass is 548 g/mol. The second-order valence-corrected chi connectivity index (χ2v) is 11.0. The van der Waals surface area contributed by atoms with Crippen LogP contribution in [0.15, 0.2) is 150 Å². The Morgan fingerprint density at radius 1 is 0.372 bits per heavy atom. The van der Waals surface area contributed by atoms with E-state index >= 15 is 0 Å². The van der Waals surface area contributed by atoms with Crippen molar-refractivity contribution in [2.45, 2.75) is 0 Å². The van der Waals surface area contributed by atoms with E-state index in [1.54, 1.807) is 0 Å². The van der Waals surface area contributed by atoms with Crippen molar-refractivity contribution in [2.75, 3.05) is 0 Å². The molecule has 0 aliphatic heterocycles. The summed E-state index contributed by atoms with van der Waals surface area (Å²) in [5.41, 5.74) is 6.56. The normalized spacial score (nSPS) is 11.7. The predicted octanol–water partition coefficient (Wildman–Crippen LogP) is 10.8. The summed E-state index contributed by atoms with van der Waals surface area (Å²) in [4.78, 5) is 10.0. The van der Waals surface area contributed by atoms with Crippen molar-refractivity contribution in [3.63, 3.8) is 0 Å². The van der Waals surface area contributed by atoms with Crippen LogP contribution in [-0.2, 0) is 0 Å². The lowest BCUT2D eigenvalue weighted by Crippen LogP contribution is -1.94. The fourth-order valence-corrected chi connectivity index (χ4v) is 6.48. The number of aromatic nitrogens is 2. The van der Waals surface area contributed by atoms with Crippen LogP contribution in [0.25, 0.3) is 88.2 Å². The van der Waals surface area contributed by atoms with Gasteiger partial charge in [-0.05, 0) is 61.6 Å². The fraction of sp³-hybridized carbons (Fsp3) is 0. The molecule has 0 aliphatic carbocycles. The molecule has 0 saturated carbocycles. The van der Waals surface area contributed by atoms with Gasteiger partial charge in [0.1, 0.15) is 5.58 Å². The summed E-state index contributed by atoms with van der Waals surface area (Å²) in [7, 11) is 0. The van der Waals surface area contributed by atoms with Crippen LogP contribution in [0.1, 0.15) is 0 Å². The second kappa shape index (κ2) is 9.37. The maximum atomic E-state index is 6.26. The first-order valence-corrected chi connectivity index (χ1v) is 14.5. The fourth-order valence-electron chi connectivity index (χ4n) is 6.48. The second-order valence-electron chi connectivity index (χ2n) is 11.0. The zero-order valence-corrected chi connectivity index (χ0v) is 23.2. The molecule has 9 rings (SSSR count). The van der Waals surface area contributed by atoms with Gasteiger partial charge in [0.15, 0.2) is 5.82 Å². The third kappa shape index (κ3) is 3.75. The minimum atomic E-state index is 0.597. The lowest BCUT2D eigenvalue weighted by atomic mass is 9.91. The maximum absolute atomic E-state index is 6.26. The molecular weight excluding hydrogens is 524 g/mol. The molecule has 0 fully saturated rings. The molecule has 0 bridgehead atoms. The molecule has 3 nitrogen and oxygen atoms in total. The van der Waals surface area contributed by atoms with E-state index in [1.165, 1.54) is 37.9 Å². The van der Waals surface area contributed by atoms with Crippen LogP contribution < -0.4 is 0 Å². The molecule has 2 aromatic heterocycles. The molecule has 7 aromatic carbocycles. The SMILES string of the molecule is c1ccc(-c2nc(-c3cccc(-c4ccc5c6ccccc6c6ccccc6c5c4)c3)c3c(n2)oc2ccccc23)cc1. The highest BCUT2D eigenvalue weighted by atomic mass is 16.3. The number of benzene rings is 7. The van der Waals surface area contributed by atoms with E-state index in [0.717, 1.165) is 38.7 Å². The van der Waals surface area contributed by atoms with Gasteiger partial charge in [0.05, 0.1) is 11.1 Å². The number of furan rings is 1. The summed E-state index contributed by atoms with van der Waals surface area (Å²) >= 11 is 0. The molecule has 0 unspecified atom stereocenters. The Bertz CT molecular complexity index is 2470. The van der Waals surface area contributed by atoms with Crippen LogP contribution in [0.2, 0.25) is 0 Å². The van der Waals surface area contributed by atoms with Crippen LogP contribution in [-0.4, -0.2) is 9.97 Å². The lowest BCUT2D eigenvalue weighted by molar-refractivity contribution is 0.653. The molecular formula is C40H24N2O. The van der Waals surface area contributed by atoms with Gasteiger partial charge in [-0.15, -0.1) is 0 Å². The smallest absolute Gasteiger partial charge is 0.231 e. The van der Waals surface area contributed by atoms with Crippen molar-refractivity contribution >= 4 is 54.4 Å². The zero-order valence-electron chi connectivity index (χ0n) is 23.2. The third-order valence-electron chi connectivity index (χ3n) is 8.48. The Morgan fingerprint density at radius 2 is 0.930 bits per heavy atom. The molecule has 43 heavy (non-hydrogen) atoms. The third-order valence-corrected chi connectivity index (χ3v) is 8.48. The molecule has 200 valence electrons. The molecule has 9 aromatic rings. The first-order valence-electron chi connectivity index (χ1n) is 14.5. The molecule has 0 N–H and O–H groups in total. The van der Waals surface area contributed by atoms with Crippen LogP contribution in [0.3, 0.4) is 0 Å². The number of nitrogens with zero attached hydrogens (tertiary/aromatic N) is 2. The topological polar surface area (TPSA) is 38.9 Å². The van der Waals surface area contributed by atoms with Crippen LogP contribution in [0, 0.1) is 0 Å². The Kier molecular flexibility index (Phi) is 5.20. The molecule has 0 amide bonds. The Morgan fingerprint density at radius 3 is 1.67 bits per heavy atom. The van der Waals surface area contributed by atoms with E-state index < -0.39 is 0 Å². The van der Waals surface area contributed by atoms with Crippen LogP contribution in [0.5, 0.6) is 0 Å². The Hall–Kier alpha value is -5.80. The molecule has 0 aliphatic rings. The van der Waals surface area contributed by atoms with Gasteiger partial charge in [-0.1, -0.05) is 127 Å². The zero-order chi connectivity index (χ0) is 28.3. The van der Waals surface area contributed by atoms with Crippen molar-refractivity contribution in [3.8, 4) is 33.8 Å². The highest BCUT2D eigenvalue weighted by Crippen LogP contribution is 2.39. The summed E-state index contributed by atoms with van der Waals surface area (Å²) in [6.07, 6.45) is 0. The quantitative estimate of drug-likeness (QED) is 0.206. The largest absolute Gasteiger partial charge is 0.438 e. The molecule has 0 saturated heterocycles. The Labute approximate surface area is 247 Å². The lowest BCUT2D eigenvalue weighted by Gasteiger charge is -2.13. The van der Waals surface area contributed by atoms with E-state index in [9.17, 15) is 0 Å². The van der Waals surface area contributed by atoms with E-state index in [4.69, 9.17) is 14.4 Å². The minimum absolute atomic E-state index is 0.597. The molecule has 3 heteroatoms. The summed E-state index contributed by atoms with van der Waals surface area (Å²) in [6.45, 7) is 0. The van der Waals surface area contributed by atoms with Crippen molar-refractivity contribution < 1.29 is 4.42 Å². The van der Waals surface area contributed by atoms with Gasteiger partial charge >= 0.3 is 0 Å². The summed E-state index contributed by atoms with van der Waals surface area (Å²) in [5.74, 6) is 0.650. The molecule has 0 radical (unpaired) electrons. The average Bonchev–Trinajstić information content (AvgIpc) is 3.47. The van der Waals surface area contributed by atoms with Crippen molar-refractivity contribution in [2.24, 2.45) is 0 Å². The number of fused-ring (bicyclic) bond motifs is 9. The van der Waals surface area contributed by atoms with Crippen LogP contribution >= 0.6 is 0 Å². The van der Waals surface area contributed by atoms with Gasteiger partial charge in [-0.25, -0.2) is 4.98 Å². The number of para-hydroxylation sites is 1. The minimum Gasteiger partial charge on any atom is -0.438 e. The highest BCUT2D eigenvalue weighted by molar-refractivity contribution is 6.25. The van der Waals surface area contributed by atoms with Crippen molar-refractivity contribution in [1.82, 2.24) is 9.97 Å². The maximum Gasteiger partial charge on any atom is 0.231 e. The molecule has 0 atom stereocenters. The van der Waals surface area contributed by atoms with Gasteiger partial charge in [0.2, 0.25) is 5.71 Å². The van der Waals surface area contributed by atoms with Crippen molar-refractivity contribution in [3.05, 3.63) is 146 Å². The first kappa shape index (κ1) is 23.9. The van der Waals surface area contributed by atoms with Crippen LogP contribution in [0.4, 0.5) is 0 Å². The van der Waals surface area contributed by atoms with E-state index in [-0.39, 0.29) is 0 Å². The van der Waals surface area contributed by atoms with E-state index in [2.05, 4.69) is 97.1 Å². The average molecular weight is 549 g/mol. The number of hydrogen-bond donors (Lipinski definition) is 0. The highest BCUT2D eigenvalue weighted by Gasteiger charge is 2.18. The number of hydrogen-bond acceptors (Lipinski definition) is 3. The summed E-state index contributed by atoms with van der Waals surface area (Å²) in [6, 6.07) is 51.1. The summed E-state index contributed by atoms with van der Waals surface area (Å²) < 4.78 is 6.26. The Balaban J connectivity index is 1.28. The van der Waals surface area contributed by atoms with Gasteiger partial charge in [0.25, 0.3) is 0 Å². The van der Waals surface area contributed by atoms with Gasteiger partial charge in [0, 0.05) is 16.5 Å². The van der Waals surface area contributed by atoms with Crippen molar-refractivity contribution in [1.29, 1.82) is 0 Å². The molecule has 0 spiro atoms. The van der Waals surface area contributed by atoms with Gasteiger partial charge < -0.3 is 4.42 Å². The van der Waals surface area contributed by atoms with Gasteiger partial charge in [-0.2, -0.15) is 4.98 Å².